The number of aromatic hydroxyl groups is 1. The Morgan fingerprint density at radius 3 is 2.68 bits per heavy atom. The fraction of sp³-hybridized carbons (Fsp3) is 0.381. The highest BCUT2D eigenvalue weighted by molar-refractivity contribution is 7.18. The molecule has 3 aromatic rings. The van der Waals surface area contributed by atoms with Gasteiger partial charge in [0.2, 0.25) is 5.91 Å². The van der Waals surface area contributed by atoms with Crippen molar-refractivity contribution in [1.29, 1.82) is 0 Å². The fourth-order valence-corrected chi connectivity index (χ4v) is 3.95. The molecule has 2 heterocycles. The molecule has 0 saturated heterocycles. The van der Waals surface area contributed by atoms with Crippen LogP contribution in [0.3, 0.4) is 0 Å². The van der Waals surface area contributed by atoms with E-state index < -0.39 is 0 Å². The van der Waals surface area contributed by atoms with Crippen LogP contribution in [-0.2, 0) is 16.8 Å². The van der Waals surface area contributed by atoms with Gasteiger partial charge in [-0.1, -0.05) is 26.8 Å². The smallest absolute Gasteiger partial charge is 0.262 e. The summed E-state index contributed by atoms with van der Waals surface area (Å²) in [7, 11) is 0. The number of rotatable bonds is 4. The van der Waals surface area contributed by atoms with Crippen molar-refractivity contribution in [2.45, 2.75) is 53.0 Å². The van der Waals surface area contributed by atoms with Crippen LogP contribution >= 0.6 is 11.3 Å². The fourth-order valence-electron chi connectivity index (χ4n) is 2.97. The topological polar surface area (TPSA) is 84.2 Å². The van der Waals surface area contributed by atoms with Crippen LogP contribution in [0.5, 0.6) is 5.75 Å². The van der Waals surface area contributed by atoms with E-state index in [4.69, 9.17) is 0 Å². The monoisotopic (exact) mass is 399 g/mol. The van der Waals surface area contributed by atoms with Gasteiger partial charge in [-0.25, -0.2) is 4.98 Å². The first kappa shape index (κ1) is 20.1. The van der Waals surface area contributed by atoms with Crippen LogP contribution in [0.4, 0.5) is 5.69 Å². The molecule has 0 saturated carbocycles. The summed E-state index contributed by atoms with van der Waals surface area (Å²) >= 11 is 1.50. The molecule has 0 aliphatic heterocycles. The van der Waals surface area contributed by atoms with Crippen LogP contribution < -0.4 is 10.9 Å². The van der Waals surface area contributed by atoms with Crippen molar-refractivity contribution in [3.63, 3.8) is 0 Å². The average molecular weight is 400 g/mol. The van der Waals surface area contributed by atoms with Crippen molar-refractivity contribution in [3.05, 3.63) is 50.9 Å². The second-order valence-electron chi connectivity index (χ2n) is 7.99. The number of thiophene rings is 1. The molecule has 0 unspecified atom stereocenters. The third kappa shape index (κ3) is 3.94. The molecule has 0 atom stereocenters. The Hall–Kier alpha value is -2.67. The highest BCUT2D eigenvalue weighted by Gasteiger charge is 2.17. The number of hydrogen-bond acceptors (Lipinski definition) is 5. The summed E-state index contributed by atoms with van der Waals surface area (Å²) in [5.74, 6) is -0.252. The van der Waals surface area contributed by atoms with Crippen molar-refractivity contribution < 1.29 is 9.90 Å². The Morgan fingerprint density at radius 1 is 1.29 bits per heavy atom. The standard InChI is InChI=1S/C21H25N3O3S/c1-12-13(2)28-19-18(12)20(27)24(11-22-19)9-8-17(26)23-15-10-14(21(3,4)5)6-7-16(15)25/h6-7,10-11,25H,8-9H2,1-5H3,(H,23,26). The predicted octanol–water partition coefficient (Wildman–Crippen LogP) is 4.11. The van der Waals surface area contributed by atoms with Gasteiger partial charge in [0.1, 0.15) is 10.6 Å². The van der Waals surface area contributed by atoms with Crippen LogP contribution in [0.15, 0.2) is 29.3 Å². The van der Waals surface area contributed by atoms with Gasteiger partial charge < -0.3 is 10.4 Å². The van der Waals surface area contributed by atoms with E-state index in [1.165, 1.54) is 22.2 Å². The summed E-state index contributed by atoms with van der Waals surface area (Å²) in [6.45, 7) is 10.3. The summed E-state index contributed by atoms with van der Waals surface area (Å²) in [4.78, 5) is 31.2. The van der Waals surface area contributed by atoms with Gasteiger partial charge in [-0.2, -0.15) is 0 Å². The number of carbonyl (C=O) groups excluding carboxylic acids is 1. The SMILES string of the molecule is Cc1sc2ncn(CCC(=O)Nc3cc(C(C)(C)C)ccc3O)c(=O)c2c1C. The van der Waals surface area contributed by atoms with Crippen molar-refractivity contribution in [1.82, 2.24) is 9.55 Å². The summed E-state index contributed by atoms with van der Waals surface area (Å²) in [6, 6.07) is 5.21. The van der Waals surface area contributed by atoms with Gasteiger partial charge in [0, 0.05) is 17.8 Å². The summed E-state index contributed by atoms with van der Waals surface area (Å²) in [5.41, 5.74) is 2.10. The number of phenols is 1. The van der Waals surface area contributed by atoms with Crippen LogP contribution in [0.25, 0.3) is 10.2 Å². The van der Waals surface area contributed by atoms with E-state index in [0.29, 0.717) is 11.1 Å². The number of carbonyl (C=O) groups is 1. The minimum Gasteiger partial charge on any atom is -0.506 e. The second kappa shape index (κ2) is 7.39. The van der Waals surface area contributed by atoms with E-state index in [2.05, 4.69) is 31.1 Å². The summed E-state index contributed by atoms with van der Waals surface area (Å²) in [5, 5.41) is 13.4. The molecule has 0 fully saturated rings. The lowest BCUT2D eigenvalue weighted by molar-refractivity contribution is -0.116. The van der Waals surface area contributed by atoms with Crippen molar-refractivity contribution >= 4 is 33.1 Å². The number of benzene rings is 1. The molecule has 0 aliphatic carbocycles. The van der Waals surface area contributed by atoms with Crippen LogP contribution in [0, 0.1) is 13.8 Å². The first-order valence-electron chi connectivity index (χ1n) is 9.16. The van der Waals surface area contributed by atoms with Gasteiger partial charge in [-0.05, 0) is 42.5 Å². The molecule has 28 heavy (non-hydrogen) atoms. The lowest BCUT2D eigenvalue weighted by Gasteiger charge is -2.20. The lowest BCUT2D eigenvalue weighted by Crippen LogP contribution is -2.23. The number of hydrogen-bond donors (Lipinski definition) is 2. The van der Waals surface area contributed by atoms with Crippen LogP contribution in [0.2, 0.25) is 0 Å². The van der Waals surface area contributed by atoms with Crippen molar-refractivity contribution in [2.75, 3.05) is 5.32 Å². The normalized spacial score (nSPS) is 11.8. The first-order chi connectivity index (χ1) is 13.1. The molecule has 1 amide bonds. The molecule has 2 N–H and O–H groups in total. The van der Waals surface area contributed by atoms with E-state index in [9.17, 15) is 14.7 Å². The van der Waals surface area contributed by atoms with Gasteiger partial charge in [-0.15, -0.1) is 11.3 Å². The van der Waals surface area contributed by atoms with Crippen molar-refractivity contribution in [3.8, 4) is 5.75 Å². The molecule has 2 aromatic heterocycles. The number of aromatic nitrogens is 2. The second-order valence-corrected chi connectivity index (χ2v) is 9.19. The molecule has 0 spiro atoms. The molecule has 7 heteroatoms. The summed E-state index contributed by atoms with van der Waals surface area (Å²) in [6.07, 6.45) is 1.60. The van der Waals surface area contributed by atoms with Gasteiger partial charge >= 0.3 is 0 Å². The number of fused-ring (bicyclic) bond motifs is 1. The van der Waals surface area contributed by atoms with Gasteiger partial charge in [0.15, 0.2) is 0 Å². The Morgan fingerprint density at radius 2 is 2.00 bits per heavy atom. The minimum absolute atomic E-state index is 0.0194. The van der Waals surface area contributed by atoms with E-state index >= 15 is 0 Å². The number of anilines is 1. The number of nitrogens with zero attached hydrogens (tertiary/aromatic N) is 2. The molecular formula is C21H25N3O3S. The zero-order chi connectivity index (χ0) is 20.6. The lowest BCUT2D eigenvalue weighted by atomic mass is 9.87. The largest absolute Gasteiger partial charge is 0.506 e. The van der Waals surface area contributed by atoms with E-state index in [0.717, 1.165) is 20.8 Å². The van der Waals surface area contributed by atoms with Gasteiger partial charge in [-0.3, -0.25) is 14.2 Å². The third-order valence-corrected chi connectivity index (χ3v) is 5.99. The Balaban J connectivity index is 1.75. The number of aryl methyl sites for hydroxylation is 3. The van der Waals surface area contributed by atoms with Crippen LogP contribution in [-0.4, -0.2) is 20.6 Å². The molecule has 148 valence electrons. The van der Waals surface area contributed by atoms with E-state index in [1.807, 2.05) is 19.9 Å². The summed E-state index contributed by atoms with van der Waals surface area (Å²) < 4.78 is 1.46. The maximum atomic E-state index is 12.7. The molecule has 0 radical (unpaired) electrons. The number of phenolic OH excluding ortho intramolecular Hbond substituents is 1. The van der Waals surface area contributed by atoms with E-state index in [-0.39, 0.29) is 35.6 Å². The third-order valence-electron chi connectivity index (χ3n) is 4.87. The van der Waals surface area contributed by atoms with Crippen LogP contribution in [0.1, 0.15) is 43.2 Å². The zero-order valence-corrected chi connectivity index (χ0v) is 17.6. The molecular weight excluding hydrogens is 374 g/mol. The number of amides is 1. The Labute approximate surface area is 167 Å². The molecule has 1 aromatic carbocycles. The average Bonchev–Trinajstić information content (AvgIpc) is 2.90. The van der Waals surface area contributed by atoms with E-state index in [1.54, 1.807) is 12.1 Å². The quantitative estimate of drug-likeness (QED) is 0.647. The molecule has 0 bridgehead atoms. The highest BCUT2D eigenvalue weighted by atomic mass is 32.1. The first-order valence-corrected chi connectivity index (χ1v) is 9.98. The Kier molecular flexibility index (Phi) is 5.30. The van der Waals surface area contributed by atoms with Crippen molar-refractivity contribution in [2.24, 2.45) is 0 Å². The van der Waals surface area contributed by atoms with Gasteiger partial charge in [0.05, 0.1) is 17.4 Å². The highest BCUT2D eigenvalue weighted by Crippen LogP contribution is 2.31. The maximum absolute atomic E-state index is 12.7. The molecule has 3 rings (SSSR count). The number of nitrogens with one attached hydrogen (secondary N) is 1. The minimum atomic E-state index is -0.272. The molecule has 0 aliphatic rings. The molecule has 6 nitrogen and oxygen atoms in total. The predicted molar refractivity (Wildman–Crippen MR) is 113 cm³/mol. The zero-order valence-electron chi connectivity index (χ0n) is 16.8. The van der Waals surface area contributed by atoms with Gasteiger partial charge in [0.25, 0.3) is 5.56 Å². The maximum Gasteiger partial charge on any atom is 0.262 e. The Bertz CT molecular complexity index is 1110.